The van der Waals surface area contributed by atoms with Gasteiger partial charge in [-0.3, -0.25) is 0 Å². The standard InChI is InChI=1S/C19H22FN3/c1-19(2,3)14-9-8-13(12-15(14)20)10-11-23-17-7-5-4-6-16(17)22-18(23)21/h4-9,12H,10-11H2,1-3H3,(H2,21,22). The van der Waals surface area contributed by atoms with E-state index in [2.05, 4.69) is 4.98 Å². The number of aryl methyl sites for hydroxylation is 2. The first-order chi connectivity index (χ1) is 10.9. The van der Waals surface area contributed by atoms with Crippen LogP contribution in [-0.2, 0) is 18.4 Å². The second-order valence-corrected chi connectivity index (χ2v) is 6.92. The number of nitrogen functional groups attached to an aromatic ring is 1. The Kier molecular flexibility index (Phi) is 3.84. The molecule has 23 heavy (non-hydrogen) atoms. The van der Waals surface area contributed by atoms with Crippen molar-refractivity contribution in [1.29, 1.82) is 0 Å². The number of para-hydroxylation sites is 2. The normalized spacial score (nSPS) is 12.0. The van der Waals surface area contributed by atoms with E-state index >= 15 is 0 Å². The molecule has 120 valence electrons. The minimum absolute atomic E-state index is 0.140. The van der Waals surface area contributed by atoms with Crippen molar-refractivity contribution < 1.29 is 4.39 Å². The topological polar surface area (TPSA) is 43.8 Å². The Hall–Kier alpha value is -2.36. The number of halogens is 1. The van der Waals surface area contributed by atoms with E-state index in [-0.39, 0.29) is 11.2 Å². The van der Waals surface area contributed by atoms with Crippen LogP contribution in [0.25, 0.3) is 11.0 Å². The summed E-state index contributed by atoms with van der Waals surface area (Å²) in [6, 6.07) is 13.4. The molecule has 0 fully saturated rings. The molecule has 0 aliphatic carbocycles. The third-order valence-corrected chi connectivity index (χ3v) is 4.15. The summed E-state index contributed by atoms with van der Waals surface area (Å²) in [6.45, 7) is 6.73. The molecule has 0 amide bonds. The van der Waals surface area contributed by atoms with E-state index < -0.39 is 0 Å². The molecule has 0 saturated heterocycles. The van der Waals surface area contributed by atoms with E-state index in [1.165, 1.54) is 0 Å². The van der Waals surface area contributed by atoms with Gasteiger partial charge in [0, 0.05) is 6.54 Å². The van der Waals surface area contributed by atoms with Crippen molar-refractivity contribution in [2.45, 2.75) is 39.2 Å². The molecule has 4 heteroatoms. The van der Waals surface area contributed by atoms with E-state index in [4.69, 9.17) is 5.73 Å². The van der Waals surface area contributed by atoms with Crippen LogP contribution in [0.3, 0.4) is 0 Å². The lowest BCUT2D eigenvalue weighted by atomic mass is 9.86. The summed E-state index contributed by atoms with van der Waals surface area (Å²) < 4.78 is 16.3. The Morgan fingerprint density at radius 1 is 1.13 bits per heavy atom. The molecule has 3 rings (SSSR count). The van der Waals surface area contributed by atoms with Gasteiger partial charge in [-0.15, -0.1) is 0 Å². The summed E-state index contributed by atoms with van der Waals surface area (Å²) in [5.41, 5.74) is 9.43. The van der Waals surface area contributed by atoms with E-state index in [9.17, 15) is 4.39 Å². The Labute approximate surface area is 136 Å². The van der Waals surface area contributed by atoms with Crippen LogP contribution in [0.5, 0.6) is 0 Å². The molecule has 0 unspecified atom stereocenters. The molecule has 0 aliphatic rings. The number of nitrogens with two attached hydrogens (primary N) is 1. The minimum Gasteiger partial charge on any atom is -0.369 e. The van der Waals surface area contributed by atoms with Crippen LogP contribution < -0.4 is 5.73 Å². The van der Waals surface area contributed by atoms with Crippen molar-refractivity contribution in [2.75, 3.05) is 5.73 Å². The molecule has 0 aliphatic heterocycles. The Bertz CT molecular complexity index is 843. The lowest BCUT2D eigenvalue weighted by Gasteiger charge is -2.20. The number of benzene rings is 2. The zero-order chi connectivity index (χ0) is 16.6. The minimum atomic E-state index is -0.187. The zero-order valence-electron chi connectivity index (χ0n) is 13.8. The highest BCUT2D eigenvalue weighted by molar-refractivity contribution is 5.78. The number of aromatic nitrogens is 2. The van der Waals surface area contributed by atoms with Gasteiger partial charge in [-0.25, -0.2) is 9.37 Å². The Morgan fingerprint density at radius 3 is 2.57 bits per heavy atom. The molecule has 1 heterocycles. The highest BCUT2D eigenvalue weighted by Crippen LogP contribution is 2.26. The highest BCUT2D eigenvalue weighted by Gasteiger charge is 2.18. The number of anilines is 1. The molecule has 0 spiro atoms. The SMILES string of the molecule is CC(C)(C)c1ccc(CCn2c(N)nc3ccccc32)cc1F. The lowest BCUT2D eigenvalue weighted by molar-refractivity contribution is 0.521. The monoisotopic (exact) mass is 311 g/mol. The molecule has 3 aromatic rings. The Balaban J connectivity index is 1.83. The van der Waals surface area contributed by atoms with Gasteiger partial charge in [-0.2, -0.15) is 0 Å². The maximum absolute atomic E-state index is 14.3. The fourth-order valence-electron chi connectivity index (χ4n) is 2.89. The molecular weight excluding hydrogens is 289 g/mol. The average Bonchev–Trinajstić information content (AvgIpc) is 2.79. The van der Waals surface area contributed by atoms with E-state index in [1.54, 1.807) is 6.07 Å². The Morgan fingerprint density at radius 2 is 1.87 bits per heavy atom. The summed E-state index contributed by atoms with van der Waals surface area (Å²) in [5.74, 6) is 0.358. The number of imidazole rings is 1. The molecule has 3 nitrogen and oxygen atoms in total. The van der Waals surface area contributed by atoms with Crippen LogP contribution in [0, 0.1) is 5.82 Å². The molecular formula is C19H22FN3. The van der Waals surface area contributed by atoms with Gasteiger partial charge in [0.05, 0.1) is 11.0 Å². The maximum Gasteiger partial charge on any atom is 0.201 e. The fourth-order valence-corrected chi connectivity index (χ4v) is 2.89. The third-order valence-electron chi connectivity index (χ3n) is 4.15. The van der Waals surface area contributed by atoms with Crippen LogP contribution in [0.2, 0.25) is 0 Å². The average molecular weight is 311 g/mol. The first-order valence-electron chi connectivity index (χ1n) is 7.86. The van der Waals surface area contributed by atoms with Gasteiger partial charge in [0.15, 0.2) is 0 Å². The van der Waals surface area contributed by atoms with E-state index in [1.807, 2.05) is 61.7 Å². The quantitative estimate of drug-likeness (QED) is 0.784. The largest absolute Gasteiger partial charge is 0.369 e. The highest BCUT2D eigenvalue weighted by atomic mass is 19.1. The van der Waals surface area contributed by atoms with Gasteiger partial charge in [0.2, 0.25) is 5.95 Å². The predicted molar refractivity (Wildman–Crippen MR) is 92.9 cm³/mol. The maximum atomic E-state index is 14.3. The van der Waals surface area contributed by atoms with Crippen molar-refractivity contribution in [3.63, 3.8) is 0 Å². The number of hydrogen-bond acceptors (Lipinski definition) is 2. The summed E-state index contributed by atoms with van der Waals surface area (Å²) in [5, 5.41) is 0. The number of hydrogen-bond donors (Lipinski definition) is 1. The first kappa shape index (κ1) is 15.5. The smallest absolute Gasteiger partial charge is 0.201 e. The molecule has 2 aromatic carbocycles. The van der Waals surface area contributed by atoms with Crippen molar-refractivity contribution in [2.24, 2.45) is 0 Å². The predicted octanol–water partition coefficient (Wildman–Crippen LogP) is 4.30. The number of nitrogens with zero attached hydrogens (tertiary/aromatic N) is 2. The first-order valence-corrected chi connectivity index (χ1v) is 7.86. The van der Waals surface area contributed by atoms with E-state index in [0.29, 0.717) is 18.9 Å². The van der Waals surface area contributed by atoms with E-state index in [0.717, 1.165) is 22.2 Å². The number of fused-ring (bicyclic) bond motifs is 1. The van der Waals surface area contributed by atoms with Crippen molar-refractivity contribution in [1.82, 2.24) is 9.55 Å². The lowest BCUT2D eigenvalue weighted by Crippen LogP contribution is -2.14. The van der Waals surface area contributed by atoms with Gasteiger partial charge in [-0.05, 0) is 41.2 Å². The molecule has 2 N–H and O–H groups in total. The van der Waals surface area contributed by atoms with Gasteiger partial charge in [0.1, 0.15) is 5.82 Å². The van der Waals surface area contributed by atoms with Crippen LogP contribution in [0.4, 0.5) is 10.3 Å². The van der Waals surface area contributed by atoms with Gasteiger partial charge < -0.3 is 10.3 Å². The van der Waals surface area contributed by atoms with Crippen LogP contribution >= 0.6 is 0 Å². The van der Waals surface area contributed by atoms with Crippen LogP contribution in [-0.4, -0.2) is 9.55 Å². The van der Waals surface area contributed by atoms with Gasteiger partial charge >= 0.3 is 0 Å². The summed E-state index contributed by atoms with van der Waals surface area (Å²) in [6.07, 6.45) is 0.714. The molecule has 0 atom stereocenters. The summed E-state index contributed by atoms with van der Waals surface area (Å²) in [7, 11) is 0. The second kappa shape index (κ2) is 5.69. The summed E-state index contributed by atoms with van der Waals surface area (Å²) >= 11 is 0. The zero-order valence-corrected chi connectivity index (χ0v) is 13.8. The molecule has 0 saturated carbocycles. The number of rotatable bonds is 3. The van der Waals surface area contributed by atoms with Crippen LogP contribution in [0.15, 0.2) is 42.5 Å². The third kappa shape index (κ3) is 3.07. The van der Waals surface area contributed by atoms with Crippen molar-refractivity contribution in [3.8, 4) is 0 Å². The summed E-state index contributed by atoms with van der Waals surface area (Å²) in [4.78, 5) is 4.36. The van der Waals surface area contributed by atoms with Crippen molar-refractivity contribution in [3.05, 3.63) is 59.4 Å². The molecule has 0 radical (unpaired) electrons. The van der Waals surface area contributed by atoms with Crippen LogP contribution in [0.1, 0.15) is 31.9 Å². The van der Waals surface area contributed by atoms with Gasteiger partial charge in [-0.1, -0.05) is 45.0 Å². The van der Waals surface area contributed by atoms with Gasteiger partial charge in [0.25, 0.3) is 0 Å². The molecule has 1 aromatic heterocycles. The van der Waals surface area contributed by atoms with Crippen molar-refractivity contribution >= 4 is 17.0 Å². The fraction of sp³-hybridized carbons (Fsp3) is 0.316. The second-order valence-electron chi connectivity index (χ2n) is 6.92. The molecule has 0 bridgehead atoms.